The lowest BCUT2D eigenvalue weighted by atomic mass is 10.1. The first kappa shape index (κ1) is 11.0. The summed E-state index contributed by atoms with van der Waals surface area (Å²) in [5.74, 6) is 0.559. The van der Waals surface area contributed by atoms with Crippen LogP contribution in [0.3, 0.4) is 0 Å². The zero-order valence-corrected chi connectivity index (χ0v) is 8.49. The van der Waals surface area contributed by atoms with Crippen LogP contribution in [0.5, 0.6) is 0 Å². The molecule has 0 atom stereocenters. The second-order valence-electron chi connectivity index (χ2n) is 3.20. The highest BCUT2D eigenvalue weighted by Crippen LogP contribution is 2.08. The van der Waals surface area contributed by atoms with Gasteiger partial charge < -0.3 is 9.15 Å². The van der Waals surface area contributed by atoms with Gasteiger partial charge in [-0.3, -0.25) is 4.79 Å². The van der Waals surface area contributed by atoms with Crippen molar-refractivity contribution in [1.82, 2.24) is 0 Å². The van der Waals surface area contributed by atoms with Crippen LogP contribution < -0.4 is 0 Å². The van der Waals surface area contributed by atoms with Crippen molar-refractivity contribution in [2.75, 3.05) is 13.7 Å². The number of carbonyl (C=O) groups excluding carboxylic acids is 1. The first-order valence-corrected chi connectivity index (χ1v) is 4.90. The molecule has 0 radical (unpaired) electrons. The molecule has 0 unspecified atom stereocenters. The molecule has 0 aromatic carbocycles. The molecule has 0 spiro atoms. The number of unbranched alkanes of at least 4 members (excludes halogenated alkanes) is 2. The van der Waals surface area contributed by atoms with E-state index in [0.29, 0.717) is 12.2 Å². The van der Waals surface area contributed by atoms with E-state index in [-0.39, 0.29) is 5.78 Å². The van der Waals surface area contributed by atoms with Gasteiger partial charge in [0.25, 0.3) is 0 Å². The molecule has 1 heterocycles. The van der Waals surface area contributed by atoms with Crippen molar-refractivity contribution in [2.45, 2.75) is 25.7 Å². The van der Waals surface area contributed by atoms with E-state index in [9.17, 15) is 4.79 Å². The molecule has 0 bridgehead atoms. The van der Waals surface area contributed by atoms with Gasteiger partial charge in [0.1, 0.15) is 0 Å². The van der Waals surface area contributed by atoms with Crippen LogP contribution in [0.25, 0.3) is 0 Å². The monoisotopic (exact) mass is 196 g/mol. The van der Waals surface area contributed by atoms with Crippen molar-refractivity contribution in [1.29, 1.82) is 0 Å². The standard InChI is InChI=1S/C11H16O3/c1-13-8-4-2-3-6-10(12)11-7-5-9-14-11/h5,7,9H,2-4,6,8H2,1H3. The van der Waals surface area contributed by atoms with Crippen LogP contribution in [0.15, 0.2) is 22.8 Å². The third-order valence-electron chi connectivity index (χ3n) is 2.05. The van der Waals surface area contributed by atoms with Gasteiger partial charge in [0.05, 0.1) is 6.26 Å². The Morgan fingerprint density at radius 3 is 2.93 bits per heavy atom. The van der Waals surface area contributed by atoms with Gasteiger partial charge in [0, 0.05) is 20.1 Å². The van der Waals surface area contributed by atoms with Crippen molar-refractivity contribution in [2.24, 2.45) is 0 Å². The SMILES string of the molecule is COCCCCCC(=O)c1ccco1. The predicted molar refractivity (Wildman–Crippen MR) is 53.4 cm³/mol. The molecular weight excluding hydrogens is 180 g/mol. The van der Waals surface area contributed by atoms with Crippen LogP contribution in [0.2, 0.25) is 0 Å². The third kappa shape index (κ3) is 3.75. The summed E-state index contributed by atoms with van der Waals surface area (Å²) >= 11 is 0. The van der Waals surface area contributed by atoms with Gasteiger partial charge in [-0.25, -0.2) is 0 Å². The highest BCUT2D eigenvalue weighted by Gasteiger charge is 2.07. The van der Waals surface area contributed by atoms with Crippen LogP contribution in [-0.2, 0) is 4.74 Å². The molecule has 78 valence electrons. The highest BCUT2D eigenvalue weighted by atomic mass is 16.5. The van der Waals surface area contributed by atoms with Crippen LogP contribution in [0.4, 0.5) is 0 Å². The van der Waals surface area contributed by atoms with Crippen LogP contribution in [0, 0.1) is 0 Å². The van der Waals surface area contributed by atoms with Crippen molar-refractivity contribution in [3.8, 4) is 0 Å². The second-order valence-corrected chi connectivity index (χ2v) is 3.20. The van der Waals surface area contributed by atoms with E-state index < -0.39 is 0 Å². The van der Waals surface area contributed by atoms with E-state index in [1.165, 1.54) is 6.26 Å². The number of Topliss-reactive ketones (excluding diaryl/α,β-unsaturated/α-hetero) is 1. The molecule has 0 amide bonds. The number of ether oxygens (including phenoxy) is 1. The normalized spacial score (nSPS) is 10.4. The number of furan rings is 1. The van der Waals surface area contributed by atoms with E-state index in [1.54, 1.807) is 19.2 Å². The average Bonchev–Trinajstić information content (AvgIpc) is 2.70. The Balaban J connectivity index is 2.10. The number of hydrogen-bond acceptors (Lipinski definition) is 3. The Hall–Kier alpha value is -1.09. The Morgan fingerprint density at radius 1 is 1.43 bits per heavy atom. The van der Waals surface area contributed by atoms with Gasteiger partial charge in [-0.05, 0) is 25.0 Å². The Labute approximate surface area is 84.1 Å². The third-order valence-corrected chi connectivity index (χ3v) is 2.05. The molecule has 0 aliphatic carbocycles. The van der Waals surface area contributed by atoms with Crippen molar-refractivity contribution < 1.29 is 13.9 Å². The van der Waals surface area contributed by atoms with Crippen molar-refractivity contribution >= 4 is 5.78 Å². The van der Waals surface area contributed by atoms with Gasteiger partial charge in [0.15, 0.2) is 11.5 Å². The molecule has 3 heteroatoms. The molecular formula is C11H16O3. The fourth-order valence-electron chi connectivity index (χ4n) is 1.27. The summed E-state index contributed by atoms with van der Waals surface area (Å²) in [5.41, 5.74) is 0. The van der Waals surface area contributed by atoms with Crippen LogP contribution >= 0.6 is 0 Å². The number of rotatable bonds is 7. The Bertz CT molecular complexity index is 252. The van der Waals surface area contributed by atoms with Crippen molar-refractivity contribution in [3.05, 3.63) is 24.2 Å². The lowest BCUT2D eigenvalue weighted by Gasteiger charge is -1.98. The number of hydrogen-bond donors (Lipinski definition) is 0. The minimum absolute atomic E-state index is 0.0902. The minimum Gasteiger partial charge on any atom is -0.461 e. The average molecular weight is 196 g/mol. The molecule has 0 saturated heterocycles. The van der Waals surface area contributed by atoms with E-state index in [0.717, 1.165) is 25.9 Å². The van der Waals surface area contributed by atoms with Gasteiger partial charge in [-0.15, -0.1) is 0 Å². The largest absolute Gasteiger partial charge is 0.461 e. The van der Waals surface area contributed by atoms with E-state index >= 15 is 0 Å². The summed E-state index contributed by atoms with van der Waals surface area (Å²) in [7, 11) is 1.69. The number of methoxy groups -OCH3 is 1. The van der Waals surface area contributed by atoms with Crippen LogP contribution in [-0.4, -0.2) is 19.5 Å². The maximum atomic E-state index is 11.4. The zero-order chi connectivity index (χ0) is 10.2. The summed E-state index contributed by atoms with van der Waals surface area (Å²) < 4.78 is 9.92. The molecule has 1 aromatic rings. The fraction of sp³-hybridized carbons (Fsp3) is 0.545. The maximum absolute atomic E-state index is 11.4. The second kappa shape index (κ2) is 6.38. The summed E-state index contributed by atoms with van der Waals surface area (Å²) in [5, 5.41) is 0. The molecule has 1 aromatic heterocycles. The molecule has 0 fully saturated rings. The van der Waals surface area contributed by atoms with Gasteiger partial charge >= 0.3 is 0 Å². The van der Waals surface area contributed by atoms with E-state index in [2.05, 4.69) is 0 Å². The number of carbonyl (C=O) groups is 1. The van der Waals surface area contributed by atoms with Gasteiger partial charge in [-0.2, -0.15) is 0 Å². The van der Waals surface area contributed by atoms with Gasteiger partial charge in [0.2, 0.25) is 0 Å². The zero-order valence-electron chi connectivity index (χ0n) is 8.49. The lowest BCUT2D eigenvalue weighted by Crippen LogP contribution is -1.97. The van der Waals surface area contributed by atoms with Crippen molar-refractivity contribution in [3.63, 3.8) is 0 Å². The van der Waals surface area contributed by atoms with Crippen LogP contribution in [0.1, 0.15) is 36.2 Å². The lowest BCUT2D eigenvalue weighted by molar-refractivity contribution is 0.0951. The van der Waals surface area contributed by atoms with E-state index in [4.69, 9.17) is 9.15 Å². The summed E-state index contributed by atoms with van der Waals surface area (Å²) in [6, 6.07) is 3.44. The molecule has 14 heavy (non-hydrogen) atoms. The molecule has 1 rings (SSSR count). The summed E-state index contributed by atoms with van der Waals surface area (Å²) in [6.07, 6.45) is 5.04. The minimum atomic E-state index is 0.0902. The summed E-state index contributed by atoms with van der Waals surface area (Å²) in [4.78, 5) is 11.4. The number of ketones is 1. The highest BCUT2D eigenvalue weighted by molar-refractivity contribution is 5.93. The smallest absolute Gasteiger partial charge is 0.197 e. The quantitative estimate of drug-likeness (QED) is 0.497. The first-order valence-electron chi connectivity index (χ1n) is 4.90. The first-order chi connectivity index (χ1) is 6.84. The predicted octanol–water partition coefficient (Wildman–Crippen LogP) is 2.67. The fourth-order valence-corrected chi connectivity index (χ4v) is 1.27. The molecule has 0 aliphatic rings. The molecule has 0 N–H and O–H groups in total. The summed E-state index contributed by atoms with van der Waals surface area (Å²) in [6.45, 7) is 0.773. The van der Waals surface area contributed by atoms with E-state index in [1.807, 2.05) is 0 Å². The Morgan fingerprint density at radius 2 is 2.29 bits per heavy atom. The molecule has 0 aliphatic heterocycles. The Kier molecular flexibility index (Phi) is 5.00. The molecule has 0 saturated carbocycles. The molecule has 3 nitrogen and oxygen atoms in total. The van der Waals surface area contributed by atoms with Gasteiger partial charge in [-0.1, -0.05) is 6.42 Å². The maximum Gasteiger partial charge on any atom is 0.197 e. The topological polar surface area (TPSA) is 39.4 Å².